The topological polar surface area (TPSA) is 68.0 Å². The molecule has 2 aromatic carbocycles. The molecule has 1 aliphatic rings. The van der Waals surface area contributed by atoms with Crippen LogP contribution in [0.4, 0.5) is 5.69 Å². The zero-order chi connectivity index (χ0) is 18.8. The zero-order valence-electron chi connectivity index (χ0n) is 14.3. The van der Waals surface area contributed by atoms with Gasteiger partial charge in [-0.3, -0.25) is 9.79 Å². The molecular formula is C19H15BrN4O2S. The minimum absolute atomic E-state index is 0.0416. The van der Waals surface area contributed by atoms with Gasteiger partial charge in [0.1, 0.15) is 5.75 Å². The van der Waals surface area contributed by atoms with Crippen LogP contribution in [0.5, 0.6) is 5.75 Å². The number of ether oxygens (including phenoxy) is 1. The third-order valence-corrected chi connectivity index (χ3v) is 5.63. The summed E-state index contributed by atoms with van der Waals surface area (Å²) >= 11 is 5.03. The Hall–Kier alpha value is -2.71. The molecule has 0 aliphatic carbocycles. The number of nitrogens with zero attached hydrogens (tertiary/aromatic N) is 3. The predicted molar refractivity (Wildman–Crippen MR) is 110 cm³/mol. The number of halogens is 1. The number of benzene rings is 2. The Kier molecular flexibility index (Phi) is 4.91. The van der Waals surface area contributed by atoms with Crippen LogP contribution in [0.3, 0.4) is 0 Å². The first-order valence-corrected chi connectivity index (χ1v) is 9.82. The predicted octanol–water partition coefficient (Wildman–Crippen LogP) is 3.72. The van der Waals surface area contributed by atoms with Crippen LogP contribution in [0, 0.1) is 0 Å². The van der Waals surface area contributed by atoms with Gasteiger partial charge in [-0.2, -0.15) is 5.10 Å². The average molecular weight is 443 g/mol. The van der Waals surface area contributed by atoms with E-state index in [9.17, 15) is 4.79 Å². The first kappa shape index (κ1) is 17.7. The number of fused-ring (bicyclic) bond motifs is 1. The summed E-state index contributed by atoms with van der Waals surface area (Å²) in [4.78, 5) is 16.7. The molecule has 1 aliphatic heterocycles. The Morgan fingerprint density at radius 3 is 2.96 bits per heavy atom. The summed E-state index contributed by atoms with van der Waals surface area (Å²) in [6, 6.07) is 13.6. The molecule has 136 valence electrons. The lowest BCUT2D eigenvalue weighted by Gasteiger charge is -2.18. The summed E-state index contributed by atoms with van der Waals surface area (Å²) in [6.45, 7) is 0.0416. The lowest BCUT2D eigenvalue weighted by molar-refractivity contribution is -0.118. The van der Waals surface area contributed by atoms with E-state index in [1.807, 2.05) is 47.8 Å². The Morgan fingerprint density at radius 2 is 2.15 bits per heavy atom. The first-order chi connectivity index (χ1) is 13.2. The molecule has 27 heavy (non-hydrogen) atoms. The molecule has 8 heteroatoms. The summed E-state index contributed by atoms with van der Waals surface area (Å²) in [7, 11) is 1.74. The summed E-state index contributed by atoms with van der Waals surface area (Å²) in [5.41, 5.74) is 3.42. The van der Waals surface area contributed by atoms with Crippen molar-refractivity contribution in [2.24, 2.45) is 10.1 Å². The van der Waals surface area contributed by atoms with E-state index >= 15 is 0 Å². The molecule has 0 saturated heterocycles. The summed E-state index contributed by atoms with van der Waals surface area (Å²) in [6.07, 6.45) is 1.79. The number of thiazole rings is 1. The summed E-state index contributed by atoms with van der Waals surface area (Å²) in [5.74, 6) is 0.506. The molecule has 2 heterocycles. The van der Waals surface area contributed by atoms with Gasteiger partial charge in [0.05, 0.1) is 17.6 Å². The minimum atomic E-state index is -0.158. The number of anilines is 1. The van der Waals surface area contributed by atoms with Crippen LogP contribution in [0.15, 0.2) is 62.4 Å². The van der Waals surface area contributed by atoms with E-state index in [0.717, 1.165) is 26.1 Å². The van der Waals surface area contributed by atoms with Crippen molar-refractivity contribution in [1.29, 1.82) is 0 Å². The van der Waals surface area contributed by atoms with Crippen LogP contribution in [0.25, 0.3) is 11.3 Å². The number of carbonyl (C=O) groups is 1. The van der Waals surface area contributed by atoms with Gasteiger partial charge in [-0.1, -0.05) is 34.1 Å². The van der Waals surface area contributed by atoms with Gasteiger partial charge in [-0.15, -0.1) is 11.3 Å². The van der Waals surface area contributed by atoms with Gasteiger partial charge in [-0.25, -0.2) is 4.68 Å². The fourth-order valence-corrected chi connectivity index (χ4v) is 3.89. The minimum Gasteiger partial charge on any atom is -0.482 e. The largest absolute Gasteiger partial charge is 0.482 e. The van der Waals surface area contributed by atoms with Gasteiger partial charge in [-0.05, 0) is 24.3 Å². The van der Waals surface area contributed by atoms with Crippen LogP contribution >= 0.6 is 27.3 Å². The van der Waals surface area contributed by atoms with Gasteiger partial charge in [0.15, 0.2) is 6.61 Å². The number of nitrogens with one attached hydrogen (secondary N) is 1. The molecule has 1 amide bonds. The zero-order valence-corrected chi connectivity index (χ0v) is 16.8. The van der Waals surface area contributed by atoms with E-state index in [2.05, 4.69) is 31.3 Å². The molecule has 1 N–H and O–H groups in total. The first-order valence-electron chi connectivity index (χ1n) is 8.15. The smallest absolute Gasteiger partial charge is 0.262 e. The highest BCUT2D eigenvalue weighted by Crippen LogP contribution is 2.32. The number of hydrogen-bond acceptors (Lipinski definition) is 5. The highest BCUT2D eigenvalue weighted by Gasteiger charge is 2.17. The second-order valence-electron chi connectivity index (χ2n) is 5.75. The molecule has 0 saturated carbocycles. The number of rotatable bonds is 3. The maximum Gasteiger partial charge on any atom is 0.262 e. The van der Waals surface area contributed by atoms with Gasteiger partial charge >= 0.3 is 0 Å². The third kappa shape index (κ3) is 3.58. The monoisotopic (exact) mass is 442 g/mol. The maximum atomic E-state index is 11.6. The molecule has 0 fully saturated rings. The quantitative estimate of drug-likeness (QED) is 0.627. The van der Waals surface area contributed by atoms with E-state index in [-0.39, 0.29) is 12.5 Å². The number of aromatic nitrogens is 1. The lowest BCUT2D eigenvalue weighted by atomic mass is 10.1. The van der Waals surface area contributed by atoms with Crippen molar-refractivity contribution in [3.05, 3.63) is 62.7 Å². The van der Waals surface area contributed by atoms with Crippen LogP contribution in [-0.2, 0) is 4.79 Å². The van der Waals surface area contributed by atoms with Crippen molar-refractivity contribution >= 4 is 45.1 Å². The van der Waals surface area contributed by atoms with Crippen LogP contribution in [-0.4, -0.2) is 30.5 Å². The number of amides is 1. The van der Waals surface area contributed by atoms with Crippen molar-refractivity contribution in [3.63, 3.8) is 0 Å². The normalized spacial score (nSPS) is 14.1. The summed E-state index contributed by atoms with van der Waals surface area (Å²) in [5, 5.41) is 9.46. The van der Waals surface area contributed by atoms with Gasteiger partial charge in [0.2, 0.25) is 4.80 Å². The van der Waals surface area contributed by atoms with Crippen molar-refractivity contribution in [1.82, 2.24) is 4.68 Å². The second kappa shape index (κ2) is 7.50. The van der Waals surface area contributed by atoms with Crippen molar-refractivity contribution in [3.8, 4) is 17.0 Å². The molecule has 6 nitrogen and oxygen atoms in total. The number of hydrogen-bond donors (Lipinski definition) is 1. The SMILES string of the molecule is CN=c1scc(-c2ccc3c(c2)NC(=O)CO3)n1/N=C\c1ccccc1Br. The Labute approximate surface area is 168 Å². The van der Waals surface area contributed by atoms with Crippen molar-refractivity contribution in [2.45, 2.75) is 0 Å². The maximum absolute atomic E-state index is 11.6. The third-order valence-electron chi connectivity index (χ3n) is 4.00. The van der Waals surface area contributed by atoms with E-state index in [0.29, 0.717) is 11.4 Å². The van der Waals surface area contributed by atoms with E-state index in [1.54, 1.807) is 17.9 Å². The Morgan fingerprint density at radius 1 is 1.30 bits per heavy atom. The lowest BCUT2D eigenvalue weighted by Crippen LogP contribution is -2.25. The molecular weight excluding hydrogens is 428 g/mol. The van der Waals surface area contributed by atoms with Crippen LogP contribution in [0.1, 0.15) is 5.56 Å². The fourth-order valence-electron chi connectivity index (χ4n) is 2.70. The second-order valence-corrected chi connectivity index (χ2v) is 7.44. The Bertz CT molecular complexity index is 1120. The molecule has 0 bridgehead atoms. The fraction of sp³-hybridized carbons (Fsp3) is 0.105. The highest BCUT2D eigenvalue weighted by atomic mass is 79.9. The number of carbonyl (C=O) groups excluding carboxylic acids is 1. The van der Waals surface area contributed by atoms with E-state index in [4.69, 9.17) is 4.74 Å². The highest BCUT2D eigenvalue weighted by molar-refractivity contribution is 9.10. The van der Waals surface area contributed by atoms with Crippen LogP contribution < -0.4 is 14.9 Å². The van der Waals surface area contributed by atoms with E-state index < -0.39 is 0 Å². The summed E-state index contributed by atoms with van der Waals surface area (Å²) < 4.78 is 8.19. The molecule has 1 aromatic heterocycles. The van der Waals surface area contributed by atoms with Crippen molar-refractivity contribution in [2.75, 3.05) is 19.0 Å². The molecule has 0 atom stereocenters. The molecule has 0 unspecified atom stereocenters. The van der Waals surface area contributed by atoms with Gasteiger partial charge in [0, 0.05) is 28.0 Å². The van der Waals surface area contributed by atoms with Gasteiger partial charge < -0.3 is 10.1 Å². The van der Waals surface area contributed by atoms with Gasteiger partial charge in [0.25, 0.3) is 5.91 Å². The Balaban J connectivity index is 1.77. The molecule has 3 aromatic rings. The van der Waals surface area contributed by atoms with Crippen molar-refractivity contribution < 1.29 is 9.53 Å². The van der Waals surface area contributed by atoms with E-state index in [1.165, 1.54) is 11.3 Å². The van der Waals surface area contributed by atoms with Crippen LogP contribution in [0.2, 0.25) is 0 Å². The molecule has 0 radical (unpaired) electrons. The average Bonchev–Trinajstić information content (AvgIpc) is 3.09. The molecule has 4 rings (SSSR count). The molecule has 0 spiro atoms. The standard InChI is InChI=1S/C19H15BrN4O2S/c1-21-19-24(22-9-13-4-2-3-5-14(13)20)16(11-27-19)12-6-7-17-15(8-12)23-18(25)10-26-17/h2-9,11H,10H2,1H3,(H,23,25)/b21-19?,22-9-.